The summed E-state index contributed by atoms with van der Waals surface area (Å²) < 4.78 is 77.8. The zero-order chi connectivity index (χ0) is 14.8. The Morgan fingerprint density at radius 2 is 1.39 bits per heavy atom. The Hall–Kier alpha value is -1.02. The van der Waals surface area contributed by atoms with Gasteiger partial charge in [0.25, 0.3) is 0 Å². The Labute approximate surface area is 99.5 Å². The molecule has 0 aromatic heterocycles. The molecule has 18 heavy (non-hydrogen) atoms. The number of carbonyl (C=O) groups excluding carboxylic acids is 1. The van der Waals surface area contributed by atoms with Gasteiger partial charge in [-0.05, 0) is 6.42 Å². The number of rotatable bonds is 4. The standard InChI is InChI=1S/C5H10FNO.C4H4F6/c1-2-3-4-7-5(6)8;5-3(6,7)1-2-4(8,9)10/h2-4H2,1H3,(H,7,8);1-2H2. The van der Waals surface area contributed by atoms with E-state index in [-0.39, 0.29) is 0 Å². The molecule has 1 N–H and O–H groups in total. The van der Waals surface area contributed by atoms with E-state index in [1.54, 1.807) is 0 Å². The van der Waals surface area contributed by atoms with Gasteiger partial charge in [-0.25, -0.2) is 4.79 Å². The third kappa shape index (κ3) is 24.3. The first-order chi connectivity index (χ1) is 7.98. The molecule has 0 aromatic carbocycles. The monoisotopic (exact) mass is 285 g/mol. The van der Waals surface area contributed by atoms with E-state index in [1.807, 2.05) is 12.2 Å². The van der Waals surface area contributed by atoms with Gasteiger partial charge in [0.05, 0.1) is 12.8 Å². The SMILES string of the molecule is CCCCNC(=O)F.FC(F)(F)CCC(F)(F)F. The lowest BCUT2D eigenvalue weighted by Crippen LogP contribution is -2.17. The molecular weight excluding hydrogens is 271 g/mol. The van der Waals surface area contributed by atoms with Crippen LogP contribution < -0.4 is 5.32 Å². The molecule has 0 aliphatic rings. The van der Waals surface area contributed by atoms with Crippen LogP contribution in [0.3, 0.4) is 0 Å². The number of hydrogen-bond acceptors (Lipinski definition) is 1. The molecule has 2 nitrogen and oxygen atoms in total. The zero-order valence-electron chi connectivity index (χ0n) is 9.59. The maximum Gasteiger partial charge on any atom is 0.397 e. The molecular formula is C9H14F7NO. The van der Waals surface area contributed by atoms with Crippen molar-refractivity contribution in [3.05, 3.63) is 0 Å². The summed E-state index contributed by atoms with van der Waals surface area (Å²) in [7, 11) is 0. The predicted molar refractivity (Wildman–Crippen MR) is 50.8 cm³/mol. The maximum absolute atomic E-state index is 11.3. The summed E-state index contributed by atoms with van der Waals surface area (Å²) in [5, 5.41) is 2.04. The second kappa shape index (κ2) is 8.98. The average molecular weight is 285 g/mol. The second-order valence-corrected chi connectivity index (χ2v) is 3.28. The van der Waals surface area contributed by atoms with E-state index in [2.05, 4.69) is 0 Å². The number of nitrogens with one attached hydrogen (secondary N) is 1. The first kappa shape index (κ1) is 19.3. The molecule has 9 heteroatoms. The van der Waals surface area contributed by atoms with Crippen LogP contribution in [-0.4, -0.2) is 25.1 Å². The van der Waals surface area contributed by atoms with Crippen LogP contribution in [0.2, 0.25) is 0 Å². The van der Waals surface area contributed by atoms with Crippen molar-refractivity contribution in [2.24, 2.45) is 0 Å². The Kier molecular flexibility index (Phi) is 9.64. The van der Waals surface area contributed by atoms with E-state index in [9.17, 15) is 35.5 Å². The number of unbranched alkanes of at least 4 members (excludes halogenated alkanes) is 1. The summed E-state index contributed by atoms with van der Waals surface area (Å²) in [6.07, 6.45) is -12.6. The number of halogens is 7. The van der Waals surface area contributed by atoms with Crippen LogP contribution >= 0.6 is 0 Å². The summed E-state index contributed by atoms with van der Waals surface area (Å²) in [4.78, 5) is 9.54. The van der Waals surface area contributed by atoms with Crippen molar-refractivity contribution in [3.8, 4) is 0 Å². The van der Waals surface area contributed by atoms with Gasteiger partial charge < -0.3 is 5.32 Å². The highest BCUT2D eigenvalue weighted by molar-refractivity contribution is 5.65. The third-order valence-corrected chi connectivity index (χ3v) is 1.49. The van der Waals surface area contributed by atoms with Crippen LogP contribution in [0, 0.1) is 0 Å². The quantitative estimate of drug-likeness (QED) is 0.353. The number of carbonyl (C=O) groups is 1. The fourth-order valence-electron chi connectivity index (χ4n) is 0.647. The molecule has 0 fully saturated rings. The summed E-state index contributed by atoms with van der Waals surface area (Å²) in [5.74, 6) is 0. The topological polar surface area (TPSA) is 29.1 Å². The lowest BCUT2D eigenvalue weighted by molar-refractivity contribution is -0.183. The van der Waals surface area contributed by atoms with E-state index in [4.69, 9.17) is 0 Å². The van der Waals surface area contributed by atoms with E-state index in [0.29, 0.717) is 6.54 Å². The molecule has 0 rings (SSSR count). The fourth-order valence-corrected chi connectivity index (χ4v) is 0.647. The smallest absolute Gasteiger partial charge is 0.328 e. The first-order valence-electron chi connectivity index (χ1n) is 5.04. The summed E-state index contributed by atoms with van der Waals surface area (Å²) >= 11 is 0. The van der Waals surface area contributed by atoms with Gasteiger partial charge in [-0.2, -0.15) is 26.3 Å². The Bertz CT molecular complexity index is 210. The molecule has 0 aliphatic heterocycles. The van der Waals surface area contributed by atoms with Crippen LogP contribution in [0.1, 0.15) is 32.6 Å². The van der Waals surface area contributed by atoms with Crippen LogP contribution in [0.5, 0.6) is 0 Å². The third-order valence-electron chi connectivity index (χ3n) is 1.49. The molecule has 0 atom stereocenters. The van der Waals surface area contributed by atoms with Gasteiger partial charge in [0.1, 0.15) is 0 Å². The van der Waals surface area contributed by atoms with E-state index >= 15 is 0 Å². The van der Waals surface area contributed by atoms with Gasteiger partial charge in [0, 0.05) is 6.54 Å². The van der Waals surface area contributed by atoms with E-state index in [1.165, 1.54) is 0 Å². The normalized spacial score (nSPS) is 11.6. The van der Waals surface area contributed by atoms with Crippen molar-refractivity contribution in [1.29, 1.82) is 0 Å². The van der Waals surface area contributed by atoms with Crippen LogP contribution in [0.4, 0.5) is 35.5 Å². The molecule has 0 bridgehead atoms. The van der Waals surface area contributed by atoms with Crippen molar-refractivity contribution in [2.75, 3.05) is 6.54 Å². The van der Waals surface area contributed by atoms with Gasteiger partial charge in [0.2, 0.25) is 0 Å². The molecule has 1 amide bonds. The minimum Gasteiger partial charge on any atom is -0.328 e. The highest BCUT2D eigenvalue weighted by atomic mass is 19.4. The van der Waals surface area contributed by atoms with Crippen molar-refractivity contribution < 1.29 is 35.5 Å². The Balaban J connectivity index is 0. The summed E-state index contributed by atoms with van der Waals surface area (Å²) in [6, 6.07) is 0. The Morgan fingerprint density at radius 1 is 1.00 bits per heavy atom. The average Bonchev–Trinajstić information content (AvgIpc) is 2.14. The molecule has 0 spiro atoms. The maximum atomic E-state index is 11.3. The molecule has 0 aromatic rings. The number of alkyl halides is 6. The second-order valence-electron chi connectivity index (χ2n) is 3.28. The van der Waals surface area contributed by atoms with Crippen LogP contribution in [0.15, 0.2) is 0 Å². The van der Waals surface area contributed by atoms with Gasteiger partial charge in [-0.3, -0.25) is 0 Å². The number of hydrogen-bond donors (Lipinski definition) is 1. The highest BCUT2D eigenvalue weighted by Crippen LogP contribution is 2.29. The lowest BCUT2D eigenvalue weighted by atomic mass is 10.3. The van der Waals surface area contributed by atoms with Crippen molar-refractivity contribution in [1.82, 2.24) is 5.32 Å². The molecule has 0 saturated carbocycles. The van der Waals surface area contributed by atoms with Gasteiger partial charge in [-0.15, -0.1) is 4.39 Å². The Morgan fingerprint density at radius 3 is 1.61 bits per heavy atom. The van der Waals surface area contributed by atoms with Crippen LogP contribution in [0.25, 0.3) is 0 Å². The summed E-state index contributed by atoms with van der Waals surface area (Å²) in [5.41, 5.74) is 0. The predicted octanol–water partition coefficient (Wildman–Crippen LogP) is 4.36. The first-order valence-corrected chi connectivity index (χ1v) is 5.04. The van der Waals surface area contributed by atoms with Gasteiger partial charge >= 0.3 is 18.5 Å². The molecule has 0 aliphatic carbocycles. The molecule has 110 valence electrons. The van der Waals surface area contributed by atoms with Crippen molar-refractivity contribution >= 4 is 6.16 Å². The minimum absolute atomic E-state index is 0.450. The van der Waals surface area contributed by atoms with Crippen molar-refractivity contribution in [2.45, 2.75) is 45.0 Å². The van der Waals surface area contributed by atoms with E-state index < -0.39 is 31.4 Å². The zero-order valence-corrected chi connectivity index (χ0v) is 9.59. The highest BCUT2D eigenvalue weighted by Gasteiger charge is 2.36. The minimum atomic E-state index is -4.71. The fraction of sp³-hybridized carbons (Fsp3) is 0.889. The largest absolute Gasteiger partial charge is 0.397 e. The molecule has 0 unspecified atom stereocenters. The number of amides is 1. The van der Waals surface area contributed by atoms with E-state index in [0.717, 1.165) is 12.8 Å². The van der Waals surface area contributed by atoms with Crippen molar-refractivity contribution in [3.63, 3.8) is 0 Å². The van der Waals surface area contributed by atoms with Gasteiger partial charge in [-0.1, -0.05) is 13.3 Å². The lowest BCUT2D eigenvalue weighted by Gasteiger charge is -2.07. The van der Waals surface area contributed by atoms with Crippen LogP contribution in [-0.2, 0) is 0 Å². The molecule has 0 heterocycles. The van der Waals surface area contributed by atoms with Gasteiger partial charge in [0.15, 0.2) is 0 Å². The molecule has 0 saturated heterocycles. The molecule has 0 radical (unpaired) electrons. The summed E-state index contributed by atoms with van der Waals surface area (Å²) in [6.45, 7) is 2.43.